The fourth-order valence-electron chi connectivity index (χ4n) is 6.47. The third-order valence-corrected chi connectivity index (χ3v) is 9.00. The molecule has 1 aromatic carbocycles. The number of benzene rings is 1. The van der Waals surface area contributed by atoms with Crippen molar-refractivity contribution in [2.75, 3.05) is 38.0 Å². The maximum Gasteiger partial charge on any atom is 0.293 e. The number of likely N-dealkylation sites (N-methyl/N-ethyl adjacent to an activating group) is 1. The molecule has 0 radical (unpaired) electrons. The molecule has 2 heterocycles. The Bertz CT molecular complexity index is 1130. The Labute approximate surface area is 216 Å². The molecular weight excluding hydrogens is 446 g/mol. The second-order valence-electron chi connectivity index (χ2n) is 11.0. The number of anilines is 1. The van der Waals surface area contributed by atoms with Crippen molar-refractivity contribution in [3.63, 3.8) is 0 Å². The Kier molecular flexibility index (Phi) is 7.41. The molecule has 2 aliphatic carbocycles. The van der Waals surface area contributed by atoms with Crippen LogP contribution in [0.5, 0.6) is 0 Å². The van der Waals surface area contributed by atoms with E-state index in [-0.39, 0.29) is 5.91 Å². The smallest absolute Gasteiger partial charge is 0.293 e. The molecule has 1 amide bonds. The molecular formula is C30H39N5O. The molecule has 36 heavy (non-hydrogen) atoms. The van der Waals surface area contributed by atoms with Gasteiger partial charge in [-0.15, -0.1) is 4.99 Å². The maximum atomic E-state index is 13.0. The van der Waals surface area contributed by atoms with Gasteiger partial charge in [0.05, 0.1) is 0 Å². The molecule has 6 nitrogen and oxygen atoms in total. The van der Waals surface area contributed by atoms with Crippen LogP contribution in [0.4, 0.5) is 5.69 Å². The summed E-state index contributed by atoms with van der Waals surface area (Å²) in [4.78, 5) is 25.7. The van der Waals surface area contributed by atoms with Crippen LogP contribution in [0.1, 0.15) is 82.4 Å². The first-order chi connectivity index (χ1) is 17.5. The summed E-state index contributed by atoms with van der Waals surface area (Å²) in [5, 5.41) is 3.15. The van der Waals surface area contributed by atoms with Gasteiger partial charge in [0.1, 0.15) is 0 Å². The minimum Gasteiger partial charge on any atom is -0.361 e. The Morgan fingerprint density at radius 2 is 1.94 bits per heavy atom. The van der Waals surface area contributed by atoms with Crippen molar-refractivity contribution in [1.82, 2.24) is 9.80 Å². The molecule has 1 saturated carbocycles. The lowest BCUT2D eigenvalue weighted by atomic mass is 9.72. The van der Waals surface area contributed by atoms with E-state index in [9.17, 15) is 4.79 Å². The van der Waals surface area contributed by atoms with E-state index >= 15 is 0 Å². The first-order valence-electron chi connectivity index (χ1n) is 13.8. The zero-order chi connectivity index (χ0) is 25.1. The molecule has 5 rings (SSSR count). The Morgan fingerprint density at radius 3 is 2.58 bits per heavy atom. The highest BCUT2D eigenvalue weighted by Crippen LogP contribution is 2.50. The maximum absolute atomic E-state index is 13.0. The van der Waals surface area contributed by atoms with Gasteiger partial charge in [-0.3, -0.25) is 9.69 Å². The number of rotatable bonds is 6. The molecule has 1 saturated heterocycles. The summed E-state index contributed by atoms with van der Waals surface area (Å²) in [5.74, 6) is 0.107. The molecule has 0 aromatic heterocycles. The number of nitrogens with zero attached hydrogens (tertiary/aromatic N) is 4. The molecule has 6 heteroatoms. The van der Waals surface area contributed by atoms with Crippen LogP contribution in [0.15, 0.2) is 41.2 Å². The van der Waals surface area contributed by atoms with Crippen molar-refractivity contribution in [1.29, 1.82) is 0 Å². The number of carbonyl (C=O) groups excluding carboxylic acids is 1. The number of piperazine rings is 1. The van der Waals surface area contributed by atoms with Crippen LogP contribution in [0, 0.1) is 12.0 Å². The van der Waals surface area contributed by atoms with Gasteiger partial charge in [-0.25, -0.2) is 0 Å². The number of hydrogen-bond donors (Lipinski definition) is 1. The van der Waals surface area contributed by atoms with Gasteiger partial charge in [-0.1, -0.05) is 44.6 Å². The summed E-state index contributed by atoms with van der Waals surface area (Å²) < 4.78 is 0. The molecule has 0 bridgehead atoms. The molecule has 1 aromatic rings. The van der Waals surface area contributed by atoms with Gasteiger partial charge in [0.15, 0.2) is 5.71 Å². The molecule has 1 spiro atoms. The number of allylic oxidation sites excluding steroid dienone is 3. The monoisotopic (exact) mass is 485 g/mol. The van der Waals surface area contributed by atoms with Crippen LogP contribution in [-0.2, 0) is 4.79 Å². The quantitative estimate of drug-likeness (QED) is 0.499. The summed E-state index contributed by atoms with van der Waals surface area (Å²) in [7, 11) is 0. The molecule has 1 N–H and O–H groups in total. The van der Waals surface area contributed by atoms with Crippen molar-refractivity contribution in [2.24, 2.45) is 10.4 Å². The van der Waals surface area contributed by atoms with Gasteiger partial charge in [-0.2, -0.15) is 0 Å². The van der Waals surface area contributed by atoms with Crippen molar-refractivity contribution in [3.8, 4) is 0 Å². The minimum atomic E-state index is -0.202. The van der Waals surface area contributed by atoms with Gasteiger partial charge >= 0.3 is 0 Å². The summed E-state index contributed by atoms with van der Waals surface area (Å²) in [5.41, 5.74) is 5.62. The predicted octanol–water partition coefficient (Wildman–Crippen LogP) is 6.06. The van der Waals surface area contributed by atoms with Crippen LogP contribution in [0.3, 0.4) is 0 Å². The van der Waals surface area contributed by atoms with Gasteiger partial charge in [0, 0.05) is 49.9 Å². The number of nitrogens with one attached hydrogen (secondary N) is 1. The van der Waals surface area contributed by atoms with Crippen molar-refractivity contribution < 1.29 is 4.79 Å². The zero-order valence-corrected chi connectivity index (χ0v) is 21.9. The van der Waals surface area contributed by atoms with Crippen LogP contribution in [0.25, 0.3) is 10.4 Å². The highest BCUT2D eigenvalue weighted by molar-refractivity contribution is 6.44. The number of carbonyl (C=O) groups is 1. The van der Waals surface area contributed by atoms with E-state index in [4.69, 9.17) is 6.57 Å². The van der Waals surface area contributed by atoms with E-state index in [1.54, 1.807) is 6.08 Å². The molecule has 1 atom stereocenters. The Balaban J connectivity index is 1.40. The van der Waals surface area contributed by atoms with Crippen molar-refractivity contribution in [2.45, 2.75) is 71.3 Å². The highest BCUT2D eigenvalue weighted by Gasteiger charge is 2.35. The standard InChI is InChI=1S/C30H39N5O/c1-4-34-17-19-35(20-18-34)22(2)24-7-8-26(33-29(36)27-9-10-28(31-3)32-27)25(21-24)23-11-15-30(16-12-23)13-5-6-14-30/h7-8,10-11,21-22H,4-6,9,12-20H2,1-2H3,(H,33,36). The Morgan fingerprint density at radius 1 is 1.17 bits per heavy atom. The molecule has 4 aliphatic rings. The van der Waals surface area contributed by atoms with Crippen LogP contribution in [0.2, 0.25) is 0 Å². The lowest BCUT2D eigenvalue weighted by Gasteiger charge is -2.38. The van der Waals surface area contributed by atoms with E-state index in [2.05, 4.69) is 63.1 Å². The highest BCUT2D eigenvalue weighted by atomic mass is 16.1. The van der Waals surface area contributed by atoms with Gasteiger partial charge in [0.25, 0.3) is 11.7 Å². The lowest BCUT2D eigenvalue weighted by molar-refractivity contribution is -0.110. The third-order valence-electron chi connectivity index (χ3n) is 9.00. The molecule has 190 valence electrons. The van der Waals surface area contributed by atoms with Gasteiger partial charge in [-0.05, 0) is 74.3 Å². The second-order valence-corrected chi connectivity index (χ2v) is 11.0. The van der Waals surface area contributed by atoms with Crippen LogP contribution >= 0.6 is 0 Å². The molecule has 2 fully saturated rings. The summed E-state index contributed by atoms with van der Waals surface area (Å²) in [6.07, 6.45) is 13.5. The minimum absolute atomic E-state index is 0.202. The zero-order valence-electron chi connectivity index (χ0n) is 21.9. The average Bonchev–Trinajstić information content (AvgIpc) is 3.59. The number of amides is 1. The number of hydrogen-bond acceptors (Lipinski definition) is 4. The first-order valence-corrected chi connectivity index (χ1v) is 13.8. The summed E-state index contributed by atoms with van der Waals surface area (Å²) >= 11 is 0. The largest absolute Gasteiger partial charge is 0.361 e. The summed E-state index contributed by atoms with van der Waals surface area (Å²) in [6.45, 7) is 17.3. The molecule has 2 aliphatic heterocycles. The lowest BCUT2D eigenvalue weighted by Crippen LogP contribution is -2.46. The van der Waals surface area contributed by atoms with E-state index in [0.29, 0.717) is 29.4 Å². The summed E-state index contributed by atoms with van der Waals surface area (Å²) in [6, 6.07) is 6.92. The molecule has 1 unspecified atom stereocenters. The van der Waals surface area contributed by atoms with E-state index in [1.165, 1.54) is 43.2 Å². The van der Waals surface area contributed by atoms with E-state index in [1.807, 2.05) is 0 Å². The van der Waals surface area contributed by atoms with Gasteiger partial charge in [0.2, 0.25) is 0 Å². The fourth-order valence-corrected chi connectivity index (χ4v) is 6.47. The SMILES string of the molecule is [C-]#[N+]C1=CCC(C(=O)Nc2ccc(C(C)N3CCN(CC)CC3)cc2C2=CCC3(CCCC3)CC2)=N1. The van der Waals surface area contributed by atoms with Crippen LogP contribution in [-0.4, -0.2) is 54.1 Å². The van der Waals surface area contributed by atoms with Gasteiger partial charge < -0.3 is 15.1 Å². The first kappa shape index (κ1) is 24.9. The number of aliphatic imine (C=N–C) groups is 1. The van der Waals surface area contributed by atoms with E-state index in [0.717, 1.165) is 56.8 Å². The topological polar surface area (TPSA) is 52.3 Å². The van der Waals surface area contributed by atoms with Crippen molar-refractivity contribution >= 4 is 22.9 Å². The van der Waals surface area contributed by atoms with Crippen LogP contribution < -0.4 is 5.32 Å². The predicted molar refractivity (Wildman–Crippen MR) is 147 cm³/mol. The average molecular weight is 486 g/mol. The normalized spacial score (nSPS) is 23.1. The third kappa shape index (κ3) is 5.19. The Hall–Kier alpha value is -2.75. The van der Waals surface area contributed by atoms with E-state index < -0.39 is 0 Å². The second kappa shape index (κ2) is 10.7. The van der Waals surface area contributed by atoms with Crippen molar-refractivity contribution in [3.05, 3.63) is 58.7 Å². The fraction of sp³-hybridized carbons (Fsp3) is 0.567.